The molecule has 0 aliphatic rings. The minimum Gasteiger partial charge on any atom is -0.394 e. The van der Waals surface area contributed by atoms with Gasteiger partial charge in [-0.1, -0.05) is 0 Å². The zero-order chi connectivity index (χ0) is 13.8. The Morgan fingerprint density at radius 1 is 1.58 bits per heavy atom. The molecule has 7 nitrogen and oxygen atoms in total. The summed E-state index contributed by atoms with van der Waals surface area (Å²) >= 11 is 1.36. The Morgan fingerprint density at radius 3 is 3.11 bits per heavy atom. The van der Waals surface area contributed by atoms with E-state index in [9.17, 15) is 9.59 Å². The van der Waals surface area contributed by atoms with Crippen molar-refractivity contribution in [2.24, 2.45) is 0 Å². The Labute approximate surface area is 112 Å². The molecule has 1 amide bonds. The van der Waals surface area contributed by atoms with E-state index in [4.69, 9.17) is 10.2 Å². The van der Waals surface area contributed by atoms with Gasteiger partial charge < -0.3 is 15.5 Å². The molecule has 0 saturated heterocycles. The molecular weight excluding hydrogens is 270 g/mol. The number of hydrogen-bond acceptors (Lipinski definition) is 6. The first-order valence-electron chi connectivity index (χ1n) is 5.60. The topological polar surface area (TPSA) is 104 Å². The van der Waals surface area contributed by atoms with Crippen molar-refractivity contribution in [3.63, 3.8) is 0 Å². The van der Waals surface area contributed by atoms with Crippen molar-refractivity contribution in [3.05, 3.63) is 28.1 Å². The predicted molar refractivity (Wildman–Crippen MR) is 70.0 cm³/mol. The number of rotatable bonds is 5. The number of thiophene rings is 1. The minimum absolute atomic E-state index is 0.0573. The van der Waals surface area contributed by atoms with Gasteiger partial charge in [0.15, 0.2) is 0 Å². The van der Waals surface area contributed by atoms with Crippen LogP contribution in [-0.2, 0) is 11.3 Å². The molecule has 0 bridgehead atoms. The van der Waals surface area contributed by atoms with E-state index >= 15 is 0 Å². The van der Waals surface area contributed by atoms with Gasteiger partial charge in [0.2, 0.25) is 5.91 Å². The van der Waals surface area contributed by atoms with Gasteiger partial charge in [0.1, 0.15) is 11.4 Å². The SMILES string of the molecule is O=C(Cn1cnc2sccc2c1=O)NCC(O)CO. The molecule has 0 aliphatic carbocycles. The number of carbonyl (C=O) groups is 1. The number of aliphatic hydroxyl groups is 2. The van der Waals surface area contributed by atoms with Crippen LogP contribution in [-0.4, -0.2) is 44.9 Å². The Hall–Kier alpha value is -1.77. The molecule has 1 atom stereocenters. The summed E-state index contributed by atoms with van der Waals surface area (Å²) in [4.78, 5) is 28.3. The van der Waals surface area contributed by atoms with Gasteiger partial charge >= 0.3 is 0 Å². The molecule has 2 rings (SSSR count). The predicted octanol–water partition coefficient (Wildman–Crippen LogP) is -1.07. The summed E-state index contributed by atoms with van der Waals surface area (Å²) in [5.41, 5.74) is -0.274. The number of amides is 1. The maximum atomic E-state index is 12.0. The van der Waals surface area contributed by atoms with Gasteiger partial charge in [-0.15, -0.1) is 11.3 Å². The zero-order valence-corrected chi connectivity index (χ0v) is 10.8. The molecular formula is C11H13N3O4S. The lowest BCUT2D eigenvalue weighted by Crippen LogP contribution is -2.37. The smallest absolute Gasteiger partial charge is 0.262 e. The second-order valence-corrected chi connectivity index (χ2v) is 4.85. The van der Waals surface area contributed by atoms with E-state index in [1.165, 1.54) is 22.2 Å². The molecule has 2 aromatic heterocycles. The quantitative estimate of drug-likeness (QED) is 0.648. The van der Waals surface area contributed by atoms with Gasteiger partial charge in [-0.2, -0.15) is 0 Å². The van der Waals surface area contributed by atoms with E-state index in [0.29, 0.717) is 10.2 Å². The van der Waals surface area contributed by atoms with Gasteiger partial charge in [-0.05, 0) is 11.4 Å². The second kappa shape index (κ2) is 5.91. The highest BCUT2D eigenvalue weighted by Crippen LogP contribution is 2.12. The molecule has 0 radical (unpaired) electrons. The monoisotopic (exact) mass is 283 g/mol. The lowest BCUT2D eigenvalue weighted by atomic mass is 10.3. The molecule has 0 spiro atoms. The zero-order valence-electron chi connectivity index (χ0n) is 9.94. The summed E-state index contributed by atoms with van der Waals surface area (Å²) in [6, 6.07) is 1.67. The Morgan fingerprint density at radius 2 is 2.37 bits per heavy atom. The average Bonchev–Trinajstić information content (AvgIpc) is 2.88. The molecule has 19 heavy (non-hydrogen) atoms. The molecule has 102 valence electrons. The summed E-state index contributed by atoms with van der Waals surface area (Å²) < 4.78 is 1.20. The number of aromatic nitrogens is 2. The molecule has 0 aliphatic heterocycles. The summed E-state index contributed by atoms with van der Waals surface area (Å²) in [5, 5.41) is 22.4. The Bertz CT molecular complexity index is 636. The lowest BCUT2D eigenvalue weighted by Gasteiger charge is -2.09. The summed E-state index contributed by atoms with van der Waals surface area (Å²) in [7, 11) is 0. The van der Waals surface area contributed by atoms with E-state index < -0.39 is 18.6 Å². The van der Waals surface area contributed by atoms with Crippen LogP contribution in [0, 0.1) is 0 Å². The van der Waals surface area contributed by atoms with Crippen molar-refractivity contribution in [1.29, 1.82) is 0 Å². The first-order valence-corrected chi connectivity index (χ1v) is 6.48. The second-order valence-electron chi connectivity index (χ2n) is 3.96. The van der Waals surface area contributed by atoms with Gasteiger partial charge in [-0.25, -0.2) is 4.98 Å². The van der Waals surface area contributed by atoms with E-state index in [1.807, 2.05) is 0 Å². The van der Waals surface area contributed by atoms with Crippen LogP contribution < -0.4 is 10.9 Å². The molecule has 2 heterocycles. The first kappa shape index (κ1) is 13.7. The van der Waals surface area contributed by atoms with E-state index in [0.717, 1.165) is 0 Å². The summed E-state index contributed by atoms with van der Waals surface area (Å²) in [6.45, 7) is -0.656. The minimum atomic E-state index is -1.00. The maximum Gasteiger partial charge on any atom is 0.262 e. The molecule has 3 N–H and O–H groups in total. The van der Waals surface area contributed by atoms with Crippen molar-refractivity contribution >= 4 is 27.5 Å². The fraction of sp³-hybridized carbons (Fsp3) is 0.364. The summed E-state index contributed by atoms with van der Waals surface area (Å²) in [6.07, 6.45) is 0.321. The molecule has 1 unspecified atom stereocenters. The normalized spacial score (nSPS) is 12.5. The van der Waals surface area contributed by atoms with Crippen LogP contribution in [0.3, 0.4) is 0 Å². The Kier molecular flexibility index (Phi) is 4.25. The lowest BCUT2D eigenvalue weighted by molar-refractivity contribution is -0.122. The van der Waals surface area contributed by atoms with Gasteiger partial charge in [0.05, 0.1) is 24.4 Å². The number of carbonyl (C=O) groups excluding carboxylic acids is 1. The summed E-state index contributed by atoms with van der Waals surface area (Å²) in [5.74, 6) is -0.425. The number of hydrogen-bond donors (Lipinski definition) is 3. The van der Waals surface area contributed by atoms with Crippen molar-refractivity contribution in [2.75, 3.05) is 13.2 Å². The fourth-order valence-electron chi connectivity index (χ4n) is 1.51. The molecule has 0 fully saturated rings. The molecule has 0 aromatic carbocycles. The third-order valence-electron chi connectivity index (χ3n) is 2.51. The van der Waals surface area contributed by atoms with Gasteiger partial charge in [0, 0.05) is 6.54 Å². The highest BCUT2D eigenvalue weighted by molar-refractivity contribution is 7.16. The van der Waals surface area contributed by atoms with Gasteiger partial charge in [-0.3, -0.25) is 14.2 Å². The van der Waals surface area contributed by atoms with Crippen LogP contribution in [0.1, 0.15) is 0 Å². The third-order valence-corrected chi connectivity index (χ3v) is 3.33. The average molecular weight is 283 g/mol. The van der Waals surface area contributed by atoms with Crippen LogP contribution in [0.25, 0.3) is 10.2 Å². The van der Waals surface area contributed by atoms with Crippen LogP contribution in [0.2, 0.25) is 0 Å². The van der Waals surface area contributed by atoms with Crippen LogP contribution in [0.5, 0.6) is 0 Å². The van der Waals surface area contributed by atoms with E-state index in [1.54, 1.807) is 11.4 Å². The molecule has 2 aromatic rings. The van der Waals surface area contributed by atoms with Crippen molar-refractivity contribution in [2.45, 2.75) is 12.6 Å². The van der Waals surface area contributed by atoms with Gasteiger partial charge in [0.25, 0.3) is 5.56 Å². The van der Waals surface area contributed by atoms with Crippen LogP contribution in [0.4, 0.5) is 0 Å². The largest absolute Gasteiger partial charge is 0.394 e. The number of fused-ring (bicyclic) bond motifs is 1. The third kappa shape index (κ3) is 3.16. The highest BCUT2D eigenvalue weighted by atomic mass is 32.1. The van der Waals surface area contributed by atoms with Crippen molar-refractivity contribution in [3.8, 4) is 0 Å². The standard InChI is InChI=1S/C11H13N3O4S/c15-5-7(16)3-12-9(17)4-14-6-13-10-8(11(14)18)1-2-19-10/h1-2,6-7,15-16H,3-5H2,(H,12,17). The Balaban J connectivity index is 2.07. The van der Waals surface area contributed by atoms with Crippen LogP contribution in [0.15, 0.2) is 22.6 Å². The number of nitrogens with one attached hydrogen (secondary N) is 1. The number of nitrogens with zero attached hydrogens (tertiary/aromatic N) is 2. The number of aliphatic hydroxyl groups excluding tert-OH is 2. The fourth-order valence-corrected chi connectivity index (χ4v) is 2.24. The highest BCUT2D eigenvalue weighted by Gasteiger charge is 2.10. The van der Waals surface area contributed by atoms with Crippen LogP contribution >= 0.6 is 11.3 Å². The van der Waals surface area contributed by atoms with Crippen molar-refractivity contribution in [1.82, 2.24) is 14.9 Å². The first-order chi connectivity index (χ1) is 9.11. The van der Waals surface area contributed by atoms with E-state index in [2.05, 4.69) is 10.3 Å². The maximum absolute atomic E-state index is 12.0. The molecule has 0 saturated carbocycles. The van der Waals surface area contributed by atoms with E-state index in [-0.39, 0.29) is 18.6 Å². The van der Waals surface area contributed by atoms with Crippen molar-refractivity contribution < 1.29 is 15.0 Å². The molecule has 8 heteroatoms.